The summed E-state index contributed by atoms with van der Waals surface area (Å²) in [5.41, 5.74) is 2.42. The Bertz CT molecular complexity index is 494. The molecule has 0 aliphatic rings. The van der Waals surface area contributed by atoms with E-state index in [4.69, 9.17) is 0 Å². The molecule has 2 aromatic carbocycles. The maximum absolute atomic E-state index is 3.96. The van der Waals surface area contributed by atoms with E-state index in [9.17, 15) is 0 Å². The average Bonchev–Trinajstić information content (AvgIpc) is 2.46. The molecule has 0 aromatic heterocycles. The molecule has 0 saturated carbocycles. The highest BCUT2D eigenvalue weighted by molar-refractivity contribution is 5.85. The van der Waals surface area contributed by atoms with Crippen LogP contribution in [0.4, 0.5) is 0 Å². The minimum atomic E-state index is 0.855. The van der Waals surface area contributed by atoms with Gasteiger partial charge in [-0.05, 0) is 22.8 Å². The van der Waals surface area contributed by atoms with Crippen LogP contribution in [0.15, 0.2) is 54.7 Å². The molecule has 0 amide bonds. The molecule has 0 unspecified atom stereocenters. The van der Waals surface area contributed by atoms with E-state index in [1.165, 1.54) is 16.3 Å². The second kappa shape index (κ2) is 7.54. The summed E-state index contributed by atoms with van der Waals surface area (Å²) in [6.45, 7) is 10.9. The minimum absolute atomic E-state index is 0.855. The fourth-order valence-electron chi connectivity index (χ4n) is 1.79. The smallest absolute Gasteiger partial charge is 0.0403 e. The van der Waals surface area contributed by atoms with E-state index in [1.54, 1.807) is 0 Å². The molecular weight excluding hydrogens is 218 g/mol. The Morgan fingerprint density at radius 2 is 1.72 bits per heavy atom. The van der Waals surface area contributed by atoms with Gasteiger partial charge in [0, 0.05) is 12.2 Å². The van der Waals surface area contributed by atoms with Crippen LogP contribution in [0.25, 0.3) is 10.8 Å². The average molecular weight is 241 g/mol. The van der Waals surface area contributed by atoms with Gasteiger partial charge in [-0.2, -0.15) is 0 Å². The first-order valence-corrected chi connectivity index (χ1v) is 6.69. The fraction of sp³-hybridized carbons (Fsp3) is 0.294. The van der Waals surface area contributed by atoms with Crippen molar-refractivity contribution in [2.45, 2.75) is 33.7 Å². The van der Waals surface area contributed by atoms with E-state index >= 15 is 0 Å². The first-order valence-electron chi connectivity index (χ1n) is 6.69. The Labute approximate surface area is 111 Å². The van der Waals surface area contributed by atoms with Gasteiger partial charge in [0.1, 0.15) is 0 Å². The Morgan fingerprint density at radius 1 is 1.06 bits per heavy atom. The molecule has 0 spiro atoms. The van der Waals surface area contributed by atoms with Gasteiger partial charge in [0.15, 0.2) is 0 Å². The summed E-state index contributed by atoms with van der Waals surface area (Å²) in [6.07, 6.45) is 0.977. The van der Waals surface area contributed by atoms with E-state index in [1.807, 2.05) is 13.8 Å². The first kappa shape index (κ1) is 14.3. The van der Waals surface area contributed by atoms with Crippen LogP contribution in [-0.2, 0) is 6.54 Å². The molecule has 0 atom stereocenters. The van der Waals surface area contributed by atoms with Crippen LogP contribution in [0, 0.1) is 0 Å². The van der Waals surface area contributed by atoms with E-state index in [0.29, 0.717) is 0 Å². The second-order valence-corrected chi connectivity index (χ2v) is 3.95. The molecule has 0 bridgehead atoms. The molecule has 18 heavy (non-hydrogen) atoms. The van der Waals surface area contributed by atoms with Crippen molar-refractivity contribution >= 4 is 10.8 Å². The summed E-state index contributed by atoms with van der Waals surface area (Å²) in [6, 6.07) is 14.9. The van der Waals surface area contributed by atoms with Crippen molar-refractivity contribution in [3.8, 4) is 0 Å². The van der Waals surface area contributed by atoms with Gasteiger partial charge in [0.25, 0.3) is 0 Å². The molecule has 0 saturated heterocycles. The predicted octanol–water partition coefficient (Wildman–Crippen LogP) is 4.88. The van der Waals surface area contributed by atoms with Crippen molar-refractivity contribution < 1.29 is 0 Å². The van der Waals surface area contributed by atoms with Crippen molar-refractivity contribution in [3.05, 3.63) is 60.3 Å². The summed E-state index contributed by atoms with van der Waals surface area (Å²) in [4.78, 5) is 0. The maximum atomic E-state index is 3.96. The number of fused-ring (bicyclic) bond motifs is 1. The zero-order valence-electron chi connectivity index (χ0n) is 11.7. The van der Waals surface area contributed by atoms with Crippen molar-refractivity contribution in [2.75, 3.05) is 0 Å². The Kier molecular flexibility index (Phi) is 5.99. The Hall–Kier alpha value is -1.76. The third-order valence-corrected chi connectivity index (χ3v) is 2.84. The number of allylic oxidation sites excluding steroid dienone is 1. The van der Waals surface area contributed by atoms with Gasteiger partial charge in [-0.25, -0.2) is 0 Å². The lowest BCUT2D eigenvalue weighted by atomic mass is 10.0. The standard InChI is InChI=1S/C15H17N.C2H6/c1-3-12(2)16-11-14-9-6-8-13-7-4-5-10-15(13)14;1-2/h4-10,16H,2-3,11H2,1H3;1-2H3. The van der Waals surface area contributed by atoms with Crippen LogP contribution in [0.1, 0.15) is 32.8 Å². The van der Waals surface area contributed by atoms with E-state index in [0.717, 1.165) is 18.7 Å². The maximum Gasteiger partial charge on any atom is 0.0403 e. The molecular formula is C17H23N. The third-order valence-electron chi connectivity index (χ3n) is 2.84. The predicted molar refractivity (Wildman–Crippen MR) is 81.6 cm³/mol. The zero-order chi connectivity index (χ0) is 13.4. The van der Waals surface area contributed by atoms with Gasteiger partial charge in [-0.15, -0.1) is 0 Å². The molecule has 0 heterocycles. The number of rotatable bonds is 4. The van der Waals surface area contributed by atoms with Crippen LogP contribution >= 0.6 is 0 Å². The second-order valence-electron chi connectivity index (χ2n) is 3.95. The molecule has 1 nitrogen and oxygen atoms in total. The van der Waals surface area contributed by atoms with Crippen molar-refractivity contribution in [1.29, 1.82) is 0 Å². The van der Waals surface area contributed by atoms with E-state index < -0.39 is 0 Å². The largest absolute Gasteiger partial charge is 0.385 e. The summed E-state index contributed by atoms with van der Waals surface area (Å²) in [5.74, 6) is 0. The zero-order valence-corrected chi connectivity index (χ0v) is 11.7. The van der Waals surface area contributed by atoms with Crippen LogP contribution in [0.5, 0.6) is 0 Å². The minimum Gasteiger partial charge on any atom is -0.385 e. The van der Waals surface area contributed by atoms with Crippen molar-refractivity contribution in [3.63, 3.8) is 0 Å². The van der Waals surface area contributed by atoms with E-state index in [2.05, 4.69) is 61.3 Å². The number of benzene rings is 2. The molecule has 0 aliphatic carbocycles. The molecule has 1 heteroatoms. The van der Waals surface area contributed by atoms with Gasteiger partial charge in [0.2, 0.25) is 0 Å². The molecule has 0 aliphatic heterocycles. The molecule has 0 fully saturated rings. The molecule has 0 radical (unpaired) electrons. The van der Waals surface area contributed by atoms with Crippen molar-refractivity contribution in [1.82, 2.24) is 5.32 Å². The molecule has 2 rings (SSSR count). The monoisotopic (exact) mass is 241 g/mol. The highest BCUT2D eigenvalue weighted by atomic mass is 14.9. The summed E-state index contributed by atoms with van der Waals surface area (Å²) in [7, 11) is 0. The first-order chi connectivity index (χ1) is 8.81. The highest BCUT2D eigenvalue weighted by Gasteiger charge is 1.99. The number of hydrogen-bond acceptors (Lipinski definition) is 1. The third kappa shape index (κ3) is 3.63. The quantitative estimate of drug-likeness (QED) is 0.804. The number of hydrogen-bond donors (Lipinski definition) is 1. The van der Waals surface area contributed by atoms with Gasteiger partial charge in [0.05, 0.1) is 0 Å². The normalized spacial score (nSPS) is 9.50. The van der Waals surface area contributed by atoms with Crippen LogP contribution in [-0.4, -0.2) is 0 Å². The molecule has 1 N–H and O–H groups in total. The number of nitrogens with one attached hydrogen (secondary N) is 1. The topological polar surface area (TPSA) is 12.0 Å². The SMILES string of the molecule is C=C(CC)NCc1cccc2ccccc12.CC. The highest BCUT2D eigenvalue weighted by Crippen LogP contribution is 2.18. The van der Waals surface area contributed by atoms with Crippen LogP contribution in [0.3, 0.4) is 0 Å². The summed E-state index contributed by atoms with van der Waals surface area (Å²) in [5, 5.41) is 5.96. The summed E-state index contributed by atoms with van der Waals surface area (Å²) < 4.78 is 0. The lowest BCUT2D eigenvalue weighted by Gasteiger charge is -2.10. The lowest BCUT2D eigenvalue weighted by Crippen LogP contribution is -2.11. The molecule has 96 valence electrons. The Balaban J connectivity index is 0.000000771. The van der Waals surface area contributed by atoms with Gasteiger partial charge >= 0.3 is 0 Å². The van der Waals surface area contributed by atoms with Gasteiger partial charge in [-0.1, -0.05) is 69.8 Å². The van der Waals surface area contributed by atoms with Crippen LogP contribution < -0.4 is 5.32 Å². The Morgan fingerprint density at radius 3 is 2.44 bits per heavy atom. The molecule has 2 aromatic rings. The van der Waals surface area contributed by atoms with E-state index in [-0.39, 0.29) is 0 Å². The lowest BCUT2D eigenvalue weighted by molar-refractivity contribution is 0.781. The van der Waals surface area contributed by atoms with Gasteiger partial charge < -0.3 is 5.32 Å². The summed E-state index contributed by atoms with van der Waals surface area (Å²) >= 11 is 0. The fourth-order valence-corrected chi connectivity index (χ4v) is 1.79. The van der Waals surface area contributed by atoms with Crippen LogP contribution in [0.2, 0.25) is 0 Å². The van der Waals surface area contributed by atoms with Crippen molar-refractivity contribution in [2.24, 2.45) is 0 Å². The van der Waals surface area contributed by atoms with Gasteiger partial charge in [-0.3, -0.25) is 0 Å².